The minimum absolute atomic E-state index is 0.237. The molecule has 20 heavy (non-hydrogen) atoms. The van der Waals surface area contributed by atoms with Crippen LogP contribution in [0.3, 0.4) is 0 Å². The summed E-state index contributed by atoms with van der Waals surface area (Å²) in [6, 6.07) is 0. The van der Waals surface area contributed by atoms with Crippen molar-refractivity contribution < 1.29 is 9.90 Å². The molecule has 1 amide bonds. The lowest BCUT2D eigenvalue weighted by molar-refractivity contribution is -0.138. The maximum absolute atomic E-state index is 12.6. The number of nitrogens with zero attached hydrogens (tertiary/aromatic N) is 1. The number of aliphatic hydroxyl groups is 1. The van der Waals surface area contributed by atoms with E-state index >= 15 is 0 Å². The van der Waals surface area contributed by atoms with Gasteiger partial charge in [-0.05, 0) is 68.1 Å². The third kappa shape index (κ3) is 2.18. The molecule has 0 spiro atoms. The first-order valence-corrected chi connectivity index (χ1v) is 8.54. The first-order chi connectivity index (χ1) is 9.66. The molecule has 112 valence electrons. The second-order valence-electron chi connectivity index (χ2n) is 8.27. The van der Waals surface area contributed by atoms with E-state index in [1.807, 2.05) is 4.90 Å². The largest absolute Gasteiger partial charge is 0.396 e. The summed E-state index contributed by atoms with van der Waals surface area (Å²) >= 11 is 0. The molecule has 5 fully saturated rings. The summed E-state index contributed by atoms with van der Waals surface area (Å²) in [6.45, 7) is 1.90. The first kappa shape index (κ1) is 13.1. The van der Waals surface area contributed by atoms with Gasteiger partial charge in [0, 0.05) is 32.0 Å². The van der Waals surface area contributed by atoms with E-state index in [1.54, 1.807) is 0 Å². The van der Waals surface area contributed by atoms with Gasteiger partial charge >= 0.3 is 0 Å². The number of hydrogen-bond acceptors (Lipinski definition) is 2. The lowest BCUT2D eigenvalue weighted by Gasteiger charge is -2.56. The Labute approximate surface area is 121 Å². The summed E-state index contributed by atoms with van der Waals surface area (Å²) in [5.41, 5.74) is 0.364. The van der Waals surface area contributed by atoms with Crippen LogP contribution in [0.4, 0.5) is 0 Å². The number of carbonyl (C=O) groups excluding carboxylic acids is 1. The average molecular weight is 277 g/mol. The van der Waals surface area contributed by atoms with E-state index in [0.29, 0.717) is 17.2 Å². The number of likely N-dealkylation sites (tertiary alicyclic amines) is 1. The predicted octanol–water partition coefficient (Wildman–Crippen LogP) is 2.43. The van der Waals surface area contributed by atoms with Crippen molar-refractivity contribution >= 4 is 5.91 Å². The Balaban J connectivity index is 1.42. The molecule has 0 aromatic heterocycles. The second kappa shape index (κ2) is 4.72. The van der Waals surface area contributed by atoms with Gasteiger partial charge < -0.3 is 10.0 Å². The summed E-state index contributed by atoms with van der Waals surface area (Å²) in [6.07, 6.45) is 10.1. The summed E-state index contributed by atoms with van der Waals surface area (Å²) in [5, 5.41) is 9.23. The zero-order valence-corrected chi connectivity index (χ0v) is 12.4. The van der Waals surface area contributed by atoms with Crippen LogP contribution in [0.25, 0.3) is 0 Å². The van der Waals surface area contributed by atoms with E-state index < -0.39 is 0 Å². The highest BCUT2D eigenvalue weighted by molar-refractivity contribution is 5.77. The molecule has 3 nitrogen and oxygen atoms in total. The van der Waals surface area contributed by atoms with Gasteiger partial charge in [-0.25, -0.2) is 0 Å². The normalized spacial score (nSPS) is 46.1. The van der Waals surface area contributed by atoms with E-state index in [0.717, 1.165) is 43.7 Å². The fourth-order valence-electron chi connectivity index (χ4n) is 6.15. The Bertz CT molecular complexity index is 371. The molecule has 3 heteroatoms. The highest BCUT2D eigenvalue weighted by Crippen LogP contribution is 2.61. The van der Waals surface area contributed by atoms with Crippen molar-refractivity contribution in [2.75, 3.05) is 19.7 Å². The monoisotopic (exact) mass is 277 g/mol. The average Bonchev–Trinajstić information content (AvgIpc) is 2.85. The number of amides is 1. The van der Waals surface area contributed by atoms with Crippen LogP contribution in [0.5, 0.6) is 0 Å². The Hall–Kier alpha value is -0.570. The molecule has 5 aliphatic rings. The van der Waals surface area contributed by atoms with E-state index in [1.165, 1.54) is 38.5 Å². The molecular weight excluding hydrogens is 250 g/mol. The second-order valence-corrected chi connectivity index (χ2v) is 8.27. The van der Waals surface area contributed by atoms with Crippen molar-refractivity contribution in [2.24, 2.45) is 29.1 Å². The smallest absolute Gasteiger partial charge is 0.223 e. The number of hydrogen-bond donors (Lipinski definition) is 1. The van der Waals surface area contributed by atoms with Gasteiger partial charge in [0.25, 0.3) is 0 Å². The van der Waals surface area contributed by atoms with Gasteiger partial charge in [-0.1, -0.05) is 0 Å². The third-order valence-corrected chi connectivity index (χ3v) is 6.59. The molecule has 0 radical (unpaired) electrons. The fraction of sp³-hybridized carbons (Fsp3) is 0.941. The minimum Gasteiger partial charge on any atom is -0.396 e. The number of carbonyl (C=O) groups is 1. The van der Waals surface area contributed by atoms with Gasteiger partial charge in [0.05, 0.1) is 0 Å². The molecule has 4 aliphatic carbocycles. The summed E-state index contributed by atoms with van der Waals surface area (Å²) in [4.78, 5) is 14.7. The topological polar surface area (TPSA) is 40.5 Å². The van der Waals surface area contributed by atoms with Crippen molar-refractivity contribution in [1.29, 1.82) is 0 Å². The Morgan fingerprint density at radius 3 is 2.20 bits per heavy atom. The molecule has 1 atom stereocenters. The molecule has 4 saturated carbocycles. The molecule has 5 rings (SSSR count). The van der Waals surface area contributed by atoms with Gasteiger partial charge in [-0.15, -0.1) is 0 Å². The lowest BCUT2D eigenvalue weighted by Crippen LogP contribution is -2.48. The van der Waals surface area contributed by atoms with Gasteiger partial charge in [-0.3, -0.25) is 4.79 Å². The molecular formula is C17H27NO2. The van der Waals surface area contributed by atoms with Crippen molar-refractivity contribution in [3.05, 3.63) is 0 Å². The molecule has 0 aromatic rings. The van der Waals surface area contributed by atoms with Crippen LogP contribution in [0, 0.1) is 29.1 Å². The lowest BCUT2D eigenvalue weighted by atomic mass is 9.49. The fourth-order valence-corrected chi connectivity index (χ4v) is 6.15. The first-order valence-electron chi connectivity index (χ1n) is 8.54. The molecule has 1 heterocycles. The summed E-state index contributed by atoms with van der Waals surface area (Å²) in [5.74, 6) is 3.49. The maximum atomic E-state index is 12.6. The Kier molecular flexibility index (Phi) is 3.10. The minimum atomic E-state index is 0.237. The zero-order chi connectivity index (χ0) is 13.7. The molecule has 1 saturated heterocycles. The van der Waals surface area contributed by atoms with Crippen LogP contribution in [0.1, 0.15) is 51.4 Å². The van der Waals surface area contributed by atoms with Gasteiger partial charge in [0.1, 0.15) is 0 Å². The number of aliphatic hydroxyl groups excluding tert-OH is 1. The van der Waals surface area contributed by atoms with Crippen LogP contribution >= 0.6 is 0 Å². The van der Waals surface area contributed by atoms with E-state index in [9.17, 15) is 9.90 Å². The van der Waals surface area contributed by atoms with Crippen LogP contribution < -0.4 is 0 Å². The van der Waals surface area contributed by atoms with E-state index in [4.69, 9.17) is 0 Å². The van der Waals surface area contributed by atoms with Gasteiger partial charge in [-0.2, -0.15) is 0 Å². The van der Waals surface area contributed by atoms with Crippen LogP contribution in [0.2, 0.25) is 0 Å². The highest BCUT2D eigenvalue weighted by Gasteiger charge is 2.51. The van der Waals surface area contributed by atoms with Crippen LogP contribution in [0.15, 0.2) is 0 Å². The standard InChI is InChI=1S/C17H27NO2/c19-11-12-1-2-18(10-12)16(20)9-17-6-13-3-14(7-17)5-15(4-13)8-17/h12-15,19H,1-11H2. The Morgan fingerprint density at radius 1 is 1.10 bits per heavy atom. The highest BCUT2D eigenvalue weighted by atomic mass is 16.3. The molecule has 4 bridgehead atoms. The van der Waals surface area contributed by atoms with Crippen LogP contribution in [-0.4, -0.2) is 35.6 Å². The zero-order valence-electron chi connectivity index (χ0n) is 12.4. The van der Waals surface area contributed by atoms with Crippen molar-refractivity contribution in [3.8, 4) is 0 Å². The summed E-state index contributed by atoms with van der Waals surface area (Å²) < 4.78 is 0. The Morgan fingerprint density at radius 2 is 1.70 bits per heavy atom. The maximum Gasteiger partial charge on any atom is 0.223 e. The molecule has 1 aliphatic heterocycles. The number of rotatable bonds is 3. The summed E-state index contributed by atoms with van der Waals surface area (Å²) in [7, 11) is 0. The molecule has 0 aromatic carbocycles. The van der Waals surface area contributed by atoms with Crippen molar-refractivity contribution in [1.82, 2.24) is 4.90 Å². The molecule has 1 N–H and O–H groups in total. The van der Waals surface area contributed by atoms with E-state index in [2.05, 4.69) is 0 Å². The van der Waals surface area contributed by atoms with Gasteiger partial charge in [0.15, 0.2) is 0 Å². The van der Waals surface area contributed by atoms with Crippen molar-refractivity contribution in [3.63, 3.8) is 0 Å². The van der Waals surface area contributed by atoms with Crippen molar-refractivity contribution in [2.45, 2.75) is 51.4 Å². The van der Waals surface area contributed by atoms with Crippen LogP contribution in [-0.2, 0) is 4.79 Å². The third-order valence-electron chi connectivity index (χ3n) is 6.59. The predicted molar refractivity (Wildman–Crippen MR) is 77.0 cm³/mol. The quantitative estimate of drug-likeness (QED) is 0.860. The SMILES string of the molecule is O=C(CC12CC3CC(CC(C3)C1)C2)N1CCC(CO)C1. The molecule has 1 unspecified atom stereocenters. The van der Waals surface area contributed by atoms with Gasteiger partial charge in [0.2, 0.25) is 5.91 Å². The van der Waals surface area contributed by atoms with E-state index in [-0.39, 0.29) is 6.61 Å².